The van der Waals surface area contributed by atoms with Gasteiger partial charge in [0.2, 0.25) is 0 Å². The second-order valence-electron chi connectivity index (χ2n) is 3.77. The summed E-state index contributed by atoms with van der Waals surface area (Å²) in [7, 11) is 0. The Morgan fingerprint density at radius 1 is 1.35 bits per heavy atom. The number of hydrogen-bond acceptors (Lipinski definition) is 3. The van der Waals surface area contributed by atoms with Crippen LogP contribution in [0, 0.1) is 5.82 Å². The highest BCUT2D eigenvalue weighted by Gasteiger charge is 2.09. The predicted octanol–water partition coefficient (Wildman–Crippen LogP) is 3.55. The Bertz CT molecular complexity index is 638. The van der Waals surface area contributed by atoms with Gasteiger partial charge in [0.05, 0.1) is 16.9 Å². The Morgan fingerprint density at radius 3 is 2.85 bits per heavy atom. The van der Waals surface area contributed by atoms with Crippen molar-refractivity contribution < 1.29 is 13.9 Å². The minimum atomic E-state index is -0.620. The maximum Gasteiger partial charge on any atom is 0.262 e. The van der Waals surface area contributed by atoms with Crippen molar-refractivity contribution in [2.75, 3.05) is 11.9 Å². The van der Waals surface area contributed by atoms with Gasteiger partial charge in [0.1, 0.15) is 5.75 Å². The van der Waals surface area contributed by atoms with Crippen molar-refractivity contribution >= 4 is 34.8 Å². The molecule has 1 amide bonds. The number of pyridine rings is 1. The maximum atomic E-state index is 13.3. The van der Waals surface area contributed by atoms with Gasteiger partial charge in [-0.05, 0) is 24.3 Å². The first-order chi connectivity index (χ1) is 9.56. The van der Waals surface area contributed by atoms with Gasteiger partial charge in [-0.3, -0.25) is 9.78 Å². The molecule has 1 heterocycles. The standard InChI is InChI=1S/C13H9Cl2FN2O2/c14-8-1-2-12(9(15)5-8)20-7-13(19)18-11-3-4-17-6-10(11)16/h1-6H,7H2,(H,17,18,19). The molecule has 2 aromatic rings. The number of anilines is 1. The first-order valence-electron chi connectivity index (χ1n) is 5.53. The van der Waals surface area contributed by atoms with Crippen LogP contribution in [0.1, 0.15) is 0 Å². The average Bonchev–Trinajstić information content (AvgIpc) is 2.40. The van der Waals surface area contributed by atoms with Gasteiger partial charge in [0, 0.05) is 11.2 Å². The molecule has 0 aliphatic rings. The van der Waals surface area contributed by atoms with E-state index in [2.05, 4.69) is 10.3 Å². The van der Waals surface area contributed by atoms with E-state index < -0.39 is 11.7 Å². The lowest BCUT2D eigenvalue weighted by atomic mass is 10.3. The number of carbonyl (C=O) groups is 1. The molecular formula is C13H9Cl2FN2O2. The molecule has 0 bridgehead atoms. The van der Waals surface area contributed by atoms with Crippen LogP contribution in [0.15, 0.2) is 36.7 Å². The zero-order valence-corrected chi connectivity index (χ0v) is 11.6. The molecule has 0 saturated heterocycles. The van der Waals surface area contributed by atoms with Gasteiger partial charge < -0.3 is 10.1 Å². The molecule has 4 nitrogen and oxygen atoms in total. The first kappa shape index (κ1) is 14.6. The lowest BCUT2D eigenvalue weighted by Crippen LogP contribution is -2.20. The number of hydrogen-bond donors (Lipinski definition) is 1. The number of ether oxygens (including phenoxy) is 1. The lowest BCUT2D eigenvalue weighted by Gasteiger charge is -2.09. The van der Waals surface area contributed by atoms with Crippen LogP contribution in [-0.2, 0) is 4.79 Å². The number of rotatable bonds is 4. The molecule has 1 N–H and O–H groups in total. The highest BCUT2D eigenvalue weighted by atomic mass is 35.5. The molecule has 1 aromatic heterocycles. The van der Waals surface area contributed by atoms with Crippen LogP contribution >= 0.6 is 23.2 Å². The summed E-state index contributed by atoms with van der Waals surface area (Å²) in [5, 5.41) is 3.12. The van der Waals surface area contributed by atoms with Crippen LogP contribution in [0.25, 0.3) is 0 Å². The monoisotopic (exact) mass is 314 g/mol. The molecule has 0 atom stereocenters. The summed E-state index contributed by atoms with van der Waals surface area (Å²) >= 11 is 11.6. The largest absolute Gasteiger partial charge is 0.482 e. The van der Waals surface area contributed by atoms with Crippen LogP contribution in [0.4, 0.5) is 10.1 Å². The second kappa shape index (κ2) is 6.54. The van der Waals surface area contributed by atoms with E-state index in [9.17, 15) is 9.18 Å². The number of halogens is 3. The Hall–Kier alpha value is -1.85. The summed E-state index contributed by atoms with van der Waals surface area (Å²) in [6.07, 6.45) is 2.38. The third-order valence-corrected chi connectivity index (χ3v) is 2.83. The van der Waals surface area contributed by atoms with Crippen LogP contribution in [0.2, 0.25) is 10.0 Å². The van der Waals surface area contributed by atoms with Crippen molar-refractivity contribution in [1.29, 1.82) is 0 Å². The zero-order chi connectivity index (χ0) is 14.5. The van der Waals surface area contributed by atoms with Crippen molar-refractivity contribution in [3.63, 3.8) is 0 Å². The van der Waals surface area contributed by atoms with Crippen LogP contribution in [-0.4, -0.2) is 17.5 Å². The highest BCUT2D eigenvalue weighted by molar-refractivity contribution is 6.35. The fourth-order valence-electron chi connectivity index (χ4n) is 1.40. The summed E-state index contributed by atoms with van der Waals surface area (Å²) in [5.41, 5.74) is 0.0378. The predicted molar refractivity (Wildman–Crippen MR) is 74.8 cm³/mol. The van der Waals surface area contributed by atoms with Gasteiger partial charge in [0.15, 0.2) is 12.4 Å². The minimum absolute atomic E-state index is 0.0378. The first-order valence-corrected chi connectivity index (χ1v) is 6.29. The van der Waals surface area contributed by atoms with E-state index in [-0.39, 0.29) is 12.3 Å². The molecule has 2 rings (SSSR count). The van der Waals surface area contributed by atoms with Gasteiger partial charge in [-0.15, -0.1) is 0 Å². The Kier molecular flexibility index (Phi) is 4.76. The van der Waals surface area contributed by atoms with E-state index in [1.54, 1.807) is 12.1 Å². The average molecular weight is 315 g/mol. The smallest absolute Gasteiger partial charge is 0.262 e. The number of carbonyl (C=O) groups excluding carboxylic acids is 1. The number of nitrogens with zero attached hydrogens (tertiary/aromatic N) is 1. The SMILES string of the molecule is O=C(COc1ccc(Cl)cc1Cl)Nc1ccncc1F. The zero-order valence-electron chi connectivity index (χ0n) is 10.1. The molecule has 0 fully saturated rings. The Morgan fingerprint density at radius 2 is 2.15 bits per heavy atom. The minimum Gasteiger partial charge on any atom is -0.482 e. The van der Waals surface area contributed by atoms with Gasteiger partial charge in [-0.1, -0.05) is 23.2 Å². The molecule has 0 aliphatic carbocycles. The van der Waals surface area contributed by atoms with Gasteiger partial charge >= 0.3 is 0 Å². The molecule has 0 unspecified atom stereocenters. The highest BCUT2D eigenvalue weighted by Crippen LogP contribution is 2.27. The van der Waals surface area contributed by atoms with Gasteiger partial charge in [0.25, 0.3) is 5.91 Å². The molecule has 104 valence electrons. The quantitative estimate of drug-likeness (QED) is 0.939. The van der Waals surface area contributed by atoms with Crippen molar-refractivity contribution in [3.05, 3.63) is 52.5 Å². The third-order valence-electron chi connectivity index (χ3n) is 2.30. The van der Waals surface area contributed by atoms with E-state index >= 15 is 0 Å². The van der Waals surface area contributed by atoms with E-state index in [0.717, 1.165) is 6.20 Å². The van der Waals surface area contributed by atoms with Crippen LogP contribution in [0.5, 0.6) is 5.75 Å². The third kappa shape index (κ3) is 3.82. The molecular weight excluding hydrogens is 306 g/mol. The fraction of sp³-hybridized carbons (Fsp3) is 0.0769. The molecule has 0 spiro atoms. The van der Waals surface area contributed by atoms with Crippen molar-refractivity contribution in [2.45, 2.75) is 0 Å². The Labute approximate surface area is 124 Å². The topological polar surface area (TPSA) is 51.2 Å². The van der Waals surface area contributed by atoms with E-state index in [1.807, 2.05) is 0 Å². The summed E-state index contributed by atoms with van der Waals surface area (Å²) in [4.78, 5) is 15.2. The summed E-state index contributed by atoms with van der Waals surface area (Å²) in [6, 6.07) is 5.98. The van der Waals surface area contributed by atoms with Crippen LogP contribution < -0.4 is 10.1 Å². The van der Waals surface area contributed by atoms with E-state index in [0.29, 0.717) is 15.8 Å². The normalized spacial score (nSPS) is 10.2. The second-order valence-corrected chi connectivity index (χ2v) is 4.61. The molecule has 7 heteroatoms. The molecule has 0 radical (unpaired) electrons. The molecule has 1 aromatic carbocycles. The number of benzene rings is 1. The number of amides is 1. The number of nitrogens with one attached hydrogen (secondary N) is 1. The Balaban J connectivity index is 1.94. The van der Waals surface area contributed by atoms with Crippen molar-refractivity contribution in [3.8, 4) is 5.75 Å². The van der Waals surface area contributed by atoms with Gasteiger partial charge in [-0.2, -0.15) is 0 Å². The number of aromatic nitrogens is 1. The maximum absolute atomic E-state index is 13.3. The van der Waals surface area contributed by atoms with E-state index in [1.165, 1.54) is 18.3 Å². The summed E-state index contributed by atoms with van der Waals surface area (Å²) in [5.74, 6) is -0.812. The van der Waals surface area contributed by atoms with Crippen molar-refractivity contribution in [1.82, 2.24) is 4.98 Å². The molecule has 0 saturated carbocycles. The summed E-state index contributed by atoms with van der Waals surface area (Å²) in [6.45, 7) is -0.302. The molecule has 20 heavy (non-hydrogen) atoms. The summed E-state index contributed by atoms with van der Waals surface area (Å²) < 4.78 is 18.5. The van der Waals surface area contributed by atoms with Crippen molar-refractivity contribution in [2.24, 2.45) is 0 Å². The molecule has 0 aliphatic heterocycles. The lowest BCUT2D eigenvalue weighted by molar-refractivity contribution is -0.118. The fourth-order valence-corrected chi connectivity index (χ4v) is 1.86. The van der Waals surface area contributed by atoms with Gasteiger partial charge in [-0.25, -0.2) is 4.39 Å². The van der Waals surface area contributed by atoms with E-state index in [4.69, 9.17) is 27.9 Å². The van der Waals surface area contributed by atoms with Crippen LogP contribution in [0.3, 0.4) is 0 Å².